The van der Waals surface area contributed by atoms with Gasteiger partial charge in [-0.25, -0.2) is 9.97 Å². The molecular weight excluding hydrogens is 346 g/mol. The summed E-state index contributed by atoms with van der Waals surface area (Å²) in [6.45, 7) is 3.13. The van der Waals surface area contributed by atoms with E-state index in [4.69, 9.17) is 9.47 Å². The summed E-state index contributed by atoms with van der Waals surface area (Å²) in [5, 5.41) is 4.48. The molecule has 1 aromatic carbocycles. The van der Waals surface area contributed by atoms with Gasteiger partial charge in [-0.2, -0.15) is 5.10 Å². The van der Waals surface area contributed by atoms with Gasteiger partial charge in [0.05, 0.1) is 25.5 Å². The average Bonchev–Trinajstić information content (AvgIpc) is 3.12. The second-order valence-corrected chi connectivity index (χ2v) is 6.15. The molecule has 1 aliphatic rings. The molecule has 8 heteroatoms. The van der Waals surface area contributed by atoms with Crippen molar-refractivity contribution in [1.29, 1.82) is 0 Å². The maximum atomic E-state index is 13.0. The molecule has 2 aromatic heterocycles. The highest BCUT2D eigenvalue weighted by molar-refractivity contribution is 6.05. The lowest BCUT2D eigenvalue weighted by molar-refractivity contribution is 0.0960. The van der Waals surface area contributed by atoms with E-state index in [0.717, 1.165) is 11.4 Å². The third-order valence-corrected chi connectivity index (χ3v) is 4.25. The first-order chi connectivity index (χ1) is 13.2. The van der Waals surface area contributed by atoms with E-state index in [0.29, 0.717) is 42.8 Å². The number of carbonyl (C=O) groups is 1. The van der Waals surface area contributed by atoms with Gasteiger partial charge in [0.15, 0.2) is 5.82 Å². The first-order valence-electron chi connectivity index (χ1n) is 8.60. The molecule has 0 spiro atoms. The highest BCUT2D eigenvalue weighted by atomic mass is 16.5. The number of amides is 1. The lowest BCUT2D eigenvalue weighted by Gasteiger charge is -2.27. The van der Waals surface area contributed by atoms with Gasteiger partial charge in [0.2, 0.25) is 0 Å². The number of methoxy groups -OCH3 is 1. The molecule has 0 unspecified atom stereocenters. The molecule has 0 fully saturated rings. The van der Waals surface area contributed by atoms with Crippen molar-refractivity contribution in [3.05, 3.63) is 59.7 Å². The van der Waals surface area contributed by atoms with E-state index in [2.05, 4.69) is 15.1 Å². The van der Waals surface area contributed by atoms with E-state index in [1.165, 1.54) is 7.11 Å². The first kappa shape index (κ1) is 17.0. The lowest BCUT2D eigenvalue weighted by atomic mass is 10.2. The molecule has 8 nitrogen and oxygen atoms in total. The molecule has 3 heterocycles. The normalized spacial score (nSPS) is 13.4. The Balaban J connectivity index is 1.55. The summed E-state index contributed by atoms with van der Waals surface area (Å²) in [5.74, 6) is 1.33. The second kappa shape index (κ2) is 7.06. The van der Waals surface area contributed by atoms with E-state index in [9.17, 15) is 4.79 Å². The Hall–Kier alpha value is -3.42. The van der Waals surface area contributed by atoms with Gasteiger partial charge in [0, 0.05) is 6.54 Å². The predicted octanol–water partition coefficient (Wildman–Crippen LogP) is 2.23. The third-order valence-electron chi connectivity index (χ3n) is 4.25. The van der Waals surface area contributed by atoms with Crippen molar-refractivity contribution in [1.82, 2.24) is 19.7 Å². The number of benzene rings is 1. The zero-order chi connectivity index (χ0) is 18.8. The molecule has 138 valence electrons. The molecule has 1 aliphatic heterocycles. The molecule has 4 rings (SSSR count). The highest BCUT2D eigenvalue weighted by Gasteiger charge is 2.30. The lowest BCUT2D eigenvalue weighted by Crippen LogP contribution is -2.41. The SMILES string of the molecule is COc1nc(C)cnc1N1CCn2nc(COc3ccccc3)cc2C1=O. The fourth-order valence-corrected chi connectivity index (χ4v) is 2.96. The number of aromatic nitrogens is 4. The molecule has 0 saturated heterocycles. The smallest absolute Gasteiger partial charge is 0.277 e. The third kappa shape index (κ3) is 3.33. The number of aryl methyl sites for hydroxylation is 1. The van der Waals surface area contributed by atoms with Crippen molar-refractivity contribution in [2.45, 2.75) is 20.1 Å². The number of rotatable bonds is 5. The van der Waals surface area contributed by atoms with E-state index >= 15 is 0 Å². The van der Waals surface area contributed by atoms with Crippen LogP contribution in [0.1, 0.15) is 21.9 Å². The number of carbonyl (C=O) groups excluding carboxylic acids is 1. The van der Waals surface area contributed by atoms with Crippen molar-refractivity contribution >= 4 is 11.7 Å². The largest absolute Gasteiger partial charge is 0.487 e. The molecule has 1 amide bonds. The Morgan fingerprint density at radius 1 is 1.19 bits per heavy atom. The first-order valence-corrected chi connectivity index (χ1v) is 8.60. The number of hydrogen-bond acceptors (Lipinski definition) is 6. The van der Waals surface area contributed by atoms with Crippen LogP contribution in [-0.2, 0) is 13.2 Å². The van der Waals surface area contributed by atoms with Crippen LogP contribution < -0.4 is 14.4 Å². The second-order valence-electron chi connectivity index (χ2n) is 6.15. The highest BCUT2D eigenvalue weighted by Crippen LogP contribution is 2.27. The van der Waals surface area contributed by atoms with Gasteiger partial charge < -0.3 is 9.47 Å². The molecule has 27 heavy (non-hydrogen) atoms. The zero-order valence-corrected chi connectivity index (χ0v) is 15.1. The minimum absolute atomic E-state index is 0.184. The summed E-state index contributed by atoms with van der Waals surface area (Å²) >= 11 is 0. The Bertz CT molecular complexity index is 971. The molecule has 0 saturated carbocycles. The van der Waals surface area contributed by atoms with Crippen LogP contribution in [-0.4, -0.2) is 39.3 Å². The van der Waals surface area contributed by atoms with Crippen LogP contribution in [0.25, 0.3) is 0 Å². The van der Waals surface area contributed by atoms with Crippen LogP contribution in [0.5, 0.6) is 11.6 Å². The summed E-state index contributed by atoms with van der Waals surface area (Å²) in [6, 6.07) is 11.3. The fourth-order valence-electron chi connectivity index (χ4n) is 2.96. The van der Waals surface area contributed by atoms with Crippen molar-refractivity contribution < 1.29 is 14.3 Å². The molecule has 0 aliphatic carbocycles. The van der Waals surface area contributed by atoms with E-state index in [-0.39, 0.29) is 5.91 Å². The van der Waals surface area contributed by atoms with Crippen LogP contribution in [0.4, 0.5) is 5.82 Å². The van der Waals surface area contributed by atoms with Crippen LogP contribution in [0.2, 0.25) is 0 Å². The van der Waals surface area contributed by atoms with Crippen LogP contribution >= 0.6 is 0 Å². The monoisotopic (exact) mass is 365 g/mol. The minimum atomic E-state index is -0.184. The van der Waals surface area contributed by atoms with Gasteiger partial charge in [-0.3, -0.25) is 14.4 Å². The number of anilines is 1. The topological polar surface area (TPSA) is 82.4 Å². The number of ether oxygens (including phenoxy) is 2. The number of fused-ring (bicyclic) bond motifs is 1. The molecule has 0 bridgehead atoms. The van der Waals surface area contributed by atoms with Gasteiger partial charge in [-0.05, 0) is 25.1 Å². The Morgan fingerprint density at radius 2 is 2.00 bits per heavy atom. The van der Waals surface area contributed by atoms with Gasteiger partial charge in [0.25, 0.3) is 11.8 Å². The van der Waals surface area contributed by atoms with Crippen LogP contribution in [0, 0.1) is 6.92 Å². The van der Waals surface area contributed by atoms with E-state index in [1.54, 1.807) is 21.8 Å². The maximum Gasteiger partial charge on any atom is 0.277 e. The summed E-state index contributed by atoms with van der Waals surface area (Å²) in [5.41, 5.74) is 1.92. The van der Waals surface area contributed by atoms with Crippen molar-refractivity contribution in [3.63, 3.8) is 0 Å². The van der Waals surface area contributed by atoms with Gasteiger partial charge in [-0.15, -0.1) is 0 Å². The average molecular weight is 365 g/mol. The summed E-state index contributed by atoms with van der Waals surface area (Å²) in [4.78, 5) is 23.2. The van der Waals surface area contributed by atoms with Gasteiger partial charge in [0.1, 0.15) is 23.7 Å². The summed E-state index contributed by atoms with van der Waals surface area (Å²) in [7, 11) is 1.52. The van der Waals surface area contributed by atoms with Gasteiger partial charge >= 0.3 is 0 Å². The predicted molar refractivity (Wildman–Crippen MR) is 98.0 cm³/mol. The van der Waals surface area contributed by atoms with E-state index in [1.807, 2.05) is 37.3 Å². The quantitative estimate of drug-likeness (QED) is 0.690. The Labute approximate surface area is 156 Å². The summed E-state index contributed by atoms with van der Waals surface area (Å²) in [6.07, 6.45) is 1.62. The molecule has 0 atom stereocenters. The molecular formula is C19H19N5O3. The van der Waals surface area contributed by atoms with Crippen molar-refractivity contribution in [2.75, 3.05) is 18.6 Å². The minimum Gasteiger partial charge on any atom is -0.487 e. The molecule has 0 N–H and O–H groups in total. The number of nitrogens with zero attached hydrogens (tertiary/aromatic N) is 5. The van der Waals surface area contributed by atoms with Crippen LogP contribution in [0.15, 0.2) is 42.6 Å². The van der Waals surface area contributed by atoms with E-state index < -0.39 is 0 Å². The molecule has 0 radical (unpaired) electrons. The summed E-state index contributed by atoms with van der Waals surface area (Å²) < 4.78 is 12.7. The van der Waals surface area contributed by atoms with Crippen LogP contribution in [0.3, 0.4) is 0 Å². The number of hydrogen-bond donors (Lipinski definition) is 0. The Kier molecular flexibility index (Phi) is 4.45. The zero-order valence-electron chi connectivity index (χ0n) is 15.1. The van der Waals surface area contributed by atoms with Crippen molar-refractivity contribution in [2.24, 2.45) is 0 Å². The van der Waals surface area contributed by atoms with Gasteiger partial charge in [-0.1, -0.05) is 18.2 Å². The fraction of sp³-hybridized carbons (Fsp3) is 0.263. The maximum absolute atomic E-state index is 13.0. The van der Waals surface area contributed by atoms with Crippen molar-refractivity contribution in [3.8, 4) is 11.6 Å². The standard InChI is InChI=1S/C19H19N5O3/c1-13-11-20-17(18(21-13)26-2)23-8-9-24-16(19(23)25)10-14(22-24)12-27-15-6-4-3-5-7-15/h3-7,10-11H,8-9,12H2,1-2H3. The number of para-hydroxylation sites is 1. The Morgan fingerprint density at radius 3 is 2.78 bits per heavy atom. The molecule has 3 aromatic rings.